The molecule has 6 nitrogen and oxygen atoms in total. The Kier molecular flexibility index (Phi) is 4.38. The first-order valence-electron chi connectivity index (χ1n) is 7.40. The van der Waals surface area contributed by atoms with Crippen LogP contribution in [-0.4, -0.2) is 22.6 Å². The zero-order valence-corrected chi connectivity index (χ0v) is 12.8. The van der Waals surface area contributed by atoms with Crippen LogP contribution in [-0.2, 0) is 11.3 Å². The molecule has 0 saturated carbocycles. The minimum atomic E-state index is -0.420. The molecule has 1 heterocycles. The van der Waals surface area contributed by atoms with Crippen LogP contribution in [0.4, 0.5) is 0 Å². The summed E-state index contributed by atoms with van der Waals surface area (Å²) in [5.74, 6) is -0.704. The number of carbonyl (C=O) groups is 2. The Hall–Kier alpha value is -3.41. The minimum absolute atomic E-state index is 0.0880. The first kappa shape index (κ1) is 15.5. The summed E-state index contributed by atoms with van der Waals surface area (Å²) in [6.45, 7) is 0.0880. The molecule has 0 atom stereocenters. The van der Waals surface area contributed by atoms with Crippen LogP contribution in [0.3, 0.4) is 0 Å². The average molecular weight is 320 g/mol. The molecule has 0 aliphatic rings. The van der Waals surface area contributed by atoms with Crippen molar-refractivity contribution >= 4 is 28.9 Å². The molecule has 6 heteroatoms. The number of hydrogen-bond donors (Lipinski definition) is 2. The number of nitrogens with two attached hydrogens (primary N) is 1. The molecule has 3 N–H and O–H groups in total. The lowest BCUT2D eigenvalue weighted by molar-refractivity contribution is -0.118. The Morgan fingerprint density at radius 2 is 1.79 bits per heavy atom. The number of primary amides is 1. The quantitative estimate of drug-likeness (QED) is 0.555. The van der Waals surface area contributed by atoms with Crippen LogP contribution in [0.15, 0.2) is 65.9 Å². The van der Waals surface area contributed by atoms with Crippen molar-refractivity contribution in [2.75, 3.05) is 0 Å². The molecule has 2 amide bonds. The second-order valence-electron chi connectivity index (χ2n) is 5.26. The maximum absolute atomic E-state index is 12.0. The molecule has 1 aromatic heterocycles. The molecule has 2 aromatic carbocycles. The van der Waals surface area contributed by atoms with Crippen LogP contribution >= 0.6 is 0 Å². The highest BCUT2D eigenvalue weighted by Gasteiger charge is 2.08. The van der Waals surface area contributed by atoms with Gasteiger partial charge in [-0.3, -0.25) is 9.59 Å². The van der Waals surface area contributed by atoms with Gasteiger partial charge in [0.05, 0.1) is 6.21 Å². The number of nitrogens with one attached hydrogen (secondary N) is 1. The summed E-state index contributed by atoms with van der Waals surface area (Å²) in [6.07, 6.45) is 3.34. The van der Waals surface area contributed by atoms with Crippen molar-refractivity contribution in [1.82, 2.24) is 9.99 Å². The fourth-order valence-electron chi connectivity index (χ4n) is 2.49. The molecular formula is C18H16N4O2. The molecule has 0 aliphatic heterocycles. The van der Waals surface area contributed by atoms with Gasteiger partial charge in [0.15, 0.2) is 0 Å². The van der Waals surface area contributed by atoms with Gasteiger partial charge in [-0.05, 0) is 18.2 Å². The van der Waals surface area contributed by atoms with E-state index in [9.17, 15) is 9.59 Å². The Balaban J connectivity index is 1.82. The van der Waals surface area contributed by atoms with Crippen molar-refractivity contribution in [1.29, 1.82) is 0 Å². The molecule has 3 rings (SSSR count). The lowest BCUT2D eigenvalue weighted by Crippen LogP contribution is -2.18. The van der Waals surface area contributed by atoms with E-state index in [1.54, 1.807) is 41.2 Å². The van der Waals surface area contributed by atoms with E-state index in [0.717, 1.165) is 16.5 Å². The van der Waals surface area contributed by atoms with E-state index in [1.165, 1.54) is 0 Å². The maximum Gasteiger partial charge on any atom is 0.271 e. The smallest absolute Gasteiger partial charge is 0.271 e. The lowest BCUT2D eigenvalue weighted by atomic mass is 10.2. The highest BCUT2D eigenvalue weighted by Crippen LogP contribution is 2.19. The van der Waals surface area contributed by atoms with Crippen molar-refractivity contribution in [2.24, 2.45) is 10.8 Å². The van der Waals surface area contributed by atoms with Gasteiger partial charge in [0, 0.05) is 28.2 Å². The van der Waals surface area contributed by atoms with Gasteiger partial charge in [0.1, 0.15) is 6.54 Å². The summed E-state index contributed by atoms with van der Waals surface area (Å²) in [5.41, 5.74) is 9.98. The molecule has 0 spiro atoms. The van der Waals surface area contributed by atoms with Crippen LogP contribution in [0.1, 0.15) is 15.9 Å². The van der Waals surface area contributed by atoms with Crippen LogP contribution < -0.4 is 11.2 Å². The molecule has 0 aliphatic carbocycles. The predicted octanol–water partition coefficient (Wildman–Crippen LogP) is 1.89. The number of benzene rings is 2. The summed E-state index contributed by atoms with van der Waals surface area (Å²) < 4.78 is 1.76. The predicted molar refractivity (Wildman–Crippen MR) is 92.6 cm³/mol. The maximum atomic E-state index is 12.0. The number of fused-ring (bicyclic) bond motifs is 1. The number of hydrogen-bond acceptors (Lipinski definition) is 3. The monoisotopic (exact) mass is 320 g/mol. The Labute approximate surface area is 138 Å². The number of amides is 2. The van der Waals surface area contributed by atoms with Gasteiger partial charge in [0.2, 0.25) is 5.91 Å². The van der Waals surface area contributed by atoms with Gasteiger partial charge in [-0.15, -0.1) is 0 Å². The van der Waals surface area contributed by atoms with E-state index in [1.807, 2.05) is 30.3 Å². The van der Waals surface area contributed by atoms with Crippen LogP contribution in [0.5, 0.6) is 0 Å². The van der Waals surface area contributed by atoms with Gasteiger partial charge in [-0.1, -0.05) is 36.4 Å². The molecule has 0 unspecified atom stereocenters. The number of nitrogens with zero attached hydrogens (tertiary/aromatic N) is 2. The van der Waals surface area contributed by atoms with Crippen LogP contribution in [0.2, 0.25) is 0 Å². The molecule has 0 fully saturated rings. The lowest BCUT2D eigenvalue weighted by Gasteiger charge is -2.00. The molecule has 0 bridgehead atoms. The number of carbonyl (C=O) groups excluding carboxylic acids is 2. The van der Waals surface area contributed by atoms with Crippen molar-refractivity contribution in [3.05, 3.63) is 71.9 Å². The number of aromatic nitrogens is 1. The van der Waals surface area contributed by atoms with Crippen molar-refractivity contribution < 1.29 is 9.59 Å². The normalized spacial score (nSPS) is 11.0. The third-order valence-electron chi connectivity index (χ3n) is 3.55. The first-order valence-corrected chi connectivity index (χ1v) is 7.40. The highest BCUT2D eigenvalue weighted by molar-refractivity contribution is 6.01. The largest absolute Gasteiger partial charge is 0.368 e. The van der Waals surface area contributed by atoms with Crippen molar-refractivity contribution in [3.63, 3.8) is 0 Å². The number of rotatable bonds is 5. The zero-order valence-electron chi connectivity index (χ0n) is 12.8. The Morgan fingerprint density at radius 3 is 2.54 bits per heavy atom. The van der Waals surface area contributed by atoms with Crippen LogP contribution in [0, 0.1) is 0 Å². The molecule has 3 aromatic rings. The topological polar surface area (TPSA) is 89.5 Å². The minimum Gasteiger partial charge on any atom is -0.368 e. The van der Waals surface area contributed by atoms with E-state index < -0.39 is 5.91 Å². The summed E-state index contributed by atoms with van der Waals surface area (Å²) >= 11 is 0. The van der Waals surface area contributed by atoms with Gasteiger partial charge >= 0.3 is 0 Å². The summed E-state index contributed by atoms with van der Waals surface area (Å²) in [4.78, 5) is 23.2. The second-order valence-corrected chi connectivity index (χ2v) is 5.26. The Morgan fingerprint density at radius 1 is 1.08 bits per heavy atom. The van der Waals surface area contributed by atoms with Crippen LogP contribution in [0.25, 0.3) is 10.9 Å². The van der Waals surface area contributed by atoms with Crippen molar-refractivity contribution in [3.8, 4) is 0 Å². The Bertz CT molecular complexity index is 913. The summed E-state index contributed by atoms with van der Waals surface area (Å²) in [6, 6.07) is 16.5. The highest BCUT2D eigenvalue weighted by atomic mass is 16.2. The summed E-state index contributed by atoms with van der Waals surface area (Å²) in [7, 11) is 0. The standard InChI is InChI=1S/C18H16N4O2/c19-17(23)12-22-11-14(15-8-4-5-9-16(15)22)10-20-21-18(24)13-6-2-1-3-7-13/h1-11H,12H2,(H2,19,23)(H,21,24)/b20-10-. The molecule has 24 heavy (non-hydrogen) atoms. The van der Waals surface area contributed by atoms with E-state index in [-0.39, 0.29) is 12.5 Å². The fraction of sp³-hybridized carbons (Fsp3) is 0.0556. The molecule has 0 saturated heterocycles. The van der Waals surface area contributed by atoms with Crippen molar-refractivity contribution in [2.45, 2.75) is 6.54 Å². The fourth-order valence-corrected chi connectivity index (χ4v) is 2.49. The number of para-hydroxylation sites is 1. The average Bonchev–Trinajstić information content (AvgIpc) is 2.93. The first-order chi connectivity index (χ1) is 11.6. The number of hydrazone groups is 1. The van der Waals surface area contributed by atoms with E-state index in [4.69, 9.17) is 5.73 Å². The van der Waals surface area contributed by atoms with Gasteiger partial charge in [-0.25, -0.2) is 5.43 Å². The van der Waals surface area contributed by atoms with Gasteiger partial charge in [-0.2, -0.15) is 5.10 Å². The van der Waals surface area contributed by atoms with Gasteiger partial charge in [0.25, 0.3) is 5.91 Å². The van der Waals surface area contributed by atoms with E-state index in [0.29, 0.717) is 5.56 Å². The molecule has 0 radical (unpaired) electrons. The second kappa shape index (κ2) is 6.78. The van der Waals surface area contributed by atoms with E-state index in [2.05, 4.69) is 10.5 Å². The van der Waals surface area contributed by atoms with E-state index >= 15 is 0 Å². The summed E-state index contributed by atoms with van der Waals surface area (Å²) in [5, 5.41) is 4.93. The molecule has 120 valence electrons. The zero-order chi connectivity index (χ0) is 16.9. The third kappa shape index (κ3) is 3.33. The van der Waals surface area contributed by atoms with Gasteiger partial charge < -0.3 is 10.3 Å². The molecular weight excluding hydrogens is 304 g/mol. The third-order valence-corrected chi connectivity index (χ3v) is 3.55. The SMILES string of the molecule is NC(=O)Cn1cc(/C=N\NC(=O)c2ccccc2)c2ccccc21.